The largest absolute Gasteiger partial charge is 0.326 e. The second kappa shape index (κ2) is 9.49. The lowest BCUT2D eigenvalue weighted by Gasteiger charge is -2.31. The van der Waals surface area contributed by atoms with Crippen molar-refractivity contribution in [3.63, 3.8) is 0 Å². The number of pyridine rings is 1. The molecule has 152 valence electrons. The van der Waals surface area contributed by atoms with Crippen LogP contribution in [0.1, 0.15) is 19.3 Å². The number of nitrogens with zero attached hydrogens (tertiary/aromatic N) is 3. The first kappa shape index (κ1) is 20.8. The number of piperidine rings is 1. The second-order valence-corrected chi connectivity index (χ2v) is 8.56. The van der Waals surface area contributed by atoms with Gasteiger partial charge in [0.1, 0.15) is 5.82 Å². The van der Waals surface area contributed by atoms with Gasteiger partial charge in [0.25, 0.3) is 10.0 Å². The van der Waals surface area contributed by atoms with Crippen molar-refractivity contribution < 1.29 is 13.2 Å². The number of carbonyl (C=O) groups is 1. The molecule has 1 amide bonds. The molecule has 2 heterocycles. The van der Waals surface area contributed by atoms with Crippen LogP contribution >= 0.6 is 0 Å². The zero-order chi connectivity index (χ0) is 20.7. The van der Waals surface area contributed by atoms with E-state index in [9.17, 15) is 13.2 Å². The fraction of sp³-hybridized carbons (Fsp3) is 0.350. The molecule has 1 saturated heterocycles. The molecule has 2 N–H and O–H groups in total. The summed E-state index contributed by atoms with van der Waals surface area (Å²) >= 11 is 0. The van der Waals surface area contributed by atoms with Crippen LogP contribution in [0.25, 0.3) is 0 Å². The number of benzene rings is 1. The van der Waals surface area contributed by atoms with E-state index in [-0.39, 0.29) is 22.5 Å². The molecule has 1 atom stereocenters. The maximum absolute atomic E-state index is 12.6. The summed E-state index contributed by atoms with van der Waals surface area (Å²) in [6, 6.07) is 13.1. The summed E-state index contributed by atoms with van der Waals surface area (Å²) in [5.41, 5.74) is 0.543. The molecule has 0 spiro atoms. The quantitative estimate of drug-likeness (QED) is 0.720. The van der Waals surface area contributed by atoms with Crippen molar-refractivity contribution in [2.45, 2.75) is 24.2 Å². The van der Waals surface area contributed by atoms with E-state index < -0.39 is 10.0 Å². The Morgan fingerprint density at radius 1 is 1.24 bits per heavy atom. The van der Waals surface area contributed by atoms with E-state index in [0.29, 0.717) is 25.2 Å². The van der Waals surface area contributed by atoms with Crippen molar-refractivity contribution in [2.24, 2.45) is 5.92 Å². The number of sulfonamides is 1. The highest BCUT2D eigenvalue weighted by Crippen LogP contribution is 2.21. The number of hydrogen-bond acceptors (Lipinski definition) is 6. The smallest absolute Gasteiger partial charge is 0.263 e. The highest BCUT2D eigenvalue weighted by atomic mass is 32.2. The van der Waals surface area contributed by atoms with E-state index in [1.807, 2.05) is 0 Å². The number of likely N-dealkylation sites (tertiary alicyclic amines) is 1. The Morgan fingerprint density at radius 3 is 2.72 bits per heavy atom. The van der Waals surface area contributed by atoms with Crippen LogP contribution in [0.3, 0.4) is 0 Å². The zero-order valence-electron chi connectivity index (χ0n) is 15.9. The van der Waals surface area contributed by atoms with Crippen LogP contribution in [0, 0.1) is 17.2 Å². The number of nitriles is 1. The van der Waals surface area contributed by atoms with Crippen LogP contribution in [-0.2, 0) is 14.8 Å². The standard InChI is InChI=1S/C20H23N5O3S/c21-11-4-14-25-13-3-5-16(15-25)20(26)23-17-7-9-18(10-8-17)29(27,28)24-19-6-1-2-12-22-19/h1-2,6-10,12,16H,3-5,13-15H2,(H,22,24)(H,23,26). The fourth-order valence-electron chi connectivity index (χ4n) is 3.26. The van der Waals surface area contributed by atoms with Crippen LogP contribution < -0.4 is 10.0 Å². The third kappa shape index (κ3) is 5.76. The van der Waals surface area contributed by atoms with Crippen molar-refractivity contribution in [1.29, 1.82) is 5.26 Å². The highest BCUT2D eigenvalue weighted by Gasteiger charge is 2.25. The average Bonchev–Trinajstić information content (AvgIpc) is 2.73. The molecule has 3 rings (SSSR count). The van der Waals surface area contributed by atoms with Crippen molar-refractivity contribution in [3.8, 4) is 6.07 Å². The van der Waals surface area contributed by atoms with Gasteiger partial charge in [0.2, 0.25) is 5.91 Å². The van der Waals surface area contributed by atoms with E-state index in [4.69, 9.17) is 5.26 Å². The first-order chi connectivity index (χ1) is 14.0. The van der Waals surface area contributed by atoms with Crippen LogP contribution in [0.2, 0.25) is 0 Å². The third-order valence-corrected chi connectivity index (χ3v) is 6.12. The Hall–Kier alpha value is -2.96. The van der Waals surface area contributed by atoms with Crippen LogP contribution in [0.4, 0.5) is 11.5 Å². The molecule has 1 aliphatic heterocycles. The van der Waals surface area contributed by atoms with Gasteiger partial charge in [0, 0.05) is 31.4 Å². The van der Waals surface area contributed by atoms with Crippen molar-refractivity contribution in [1.82, 2.24) is 9.88 Å². The minimum Gasteiger partial charge on any atom is -0.326 e. The number of rotatable bonds is 7. The molecule has 0 radical (unpaired) electrons. The Bertz CT molecular complexity index is 971. The molecule has 8 nitrogen and oxygen atoms in total. The van der Waals surface area contributed by atoms with E-state index >= 15 is 0 Å². The normalized spacial score (nSPS) is 17.3. The van der Waals surface area contributed by atoms with Gasteiger partial charge in [-0.1, -0.05) is 6.07 Å². The Balaban J connectivity index is 1.60. The number of nitrogens with one attached hydrogen (secondary N) is 2. The monoisotopic (exact) mass is 413 g/mol. The average molecular weight is 414 g/mol. The SMILES string of the molecule is N#CCCN1CCCC(C(=O)Nc2ccc(S(=O)(=O)Nc3ccccn3)cc2)C1. The highest BCUT2D eigenvalue weighted by molar-refractivity contribution is 7.92. The number of carbonyl (C=O) groups excluding carboxylic acids is 1. The third-order valence-electron chi connectivity index (χ3n) is 4.75. The predicted molar refractivity (Wildman–Crippen MR) is 110 cm³/mol. The Morgan fingerprint density at radius 2 is 2.03 bits per heavy atom. The van der Waals surface area contributed by atoms with Crippen LogP contribution in [0.5, 0.6) is 0 Å². The summed E-state index contributed by atoms with van der Waals surface area (Å²) in [5.74, 6) is 0.00804. The summed E-state index contributed by atoms with van der Waals surface area (Å²) in [5, 5.41) is 11.6. The van der Waals surface area contributed by atoms with Gasteiger partial charge in [-0.3, -0.25) is 9.52 Å². The number of anilines is 2. The topological polar surface area (TPSA) is 115 Å². The van der Waals surface area contributed by atoms with Gasteiger partial charge in [-0.2, -0.15) is 5.26 Å². The molecule has 1 unspecified atom stereocenters. The molecular weight excluding hydrogens is 390 g/mol. The molecule has 9 heteroatoms. The Kier molecular flexibility index (Phi) is 6.80. The van der Waals surface area contributed by atoms with Gasteiger partial charge in [-0.15, -0.1) is 0 Å². The first-order valence-electron chi connectivity index (χ1n) is 9.42. The lowest BCUT2D eigenvalue weighted by molar-refractivity contribution is -0.121. The lowest BCUT2D eigenvalue weighted by Crippen LogP contribution is -2.41. The van der Waals surface area contributed by atoms with Crippen molar-refractivity contribution >= 4 is 27.4 Å². The minimum absolute atomic E-state index is 0.0847. The van der Waals surface area contributed by atoms with Gasteiger partial charge < -0.3 is 10.2 Å². The maximum atomic E-state index is 12.6. The van der Waals surface area contributed by atoms with Crippen molar-refractivity contribution in [3.05, 3.63) is 48.7 Å². The molecule has 29 heavy (non-hydrogen) atoms. The summed E-state index contributed by atoms with van der Waals surface area (Å²) in [6.07, 6.45) is 3.68. The molecule has 1 aromatic carbocycles. The molecule has 2 aromatic rings. The zero-order valence-corrected chi connectivity index (χ0v) is 16.7. The van der Waals surface area contributed by atoms with Gasteiger partial charge in [-0.05, 0) is 55.8 Å². The van der Waals surface area contributed by atoms with Gasteiger partial charge >= 0.3 is 0 Å². The van der Waals surface area contributed by atoms with Crippen LogP contribution in [0.15, 0.2) is 53.6 Å². The molecule has 0 saturated carbocycles. The second-order valence-electron chi connectivity index (χ2n) is 6.88. The maximum Gasteiger partial charge on any atom is 0.263 e. The summed E-state index contributed by atoms with van der Waals surface area (Å²) in [7, 11) is -3.75. The number of hydrogen-bond donors (Lipinski definition) is 2. The molecule has 1 fully saturated rings. The fourth-order valence-corrected chi connectivity index (χ4v) is 4.27. The molecule has 0 bridgehead atoms. The van der Waals surface area contributed by atoms with E-state index in [1.54, 1.807) is 30.3 Å². The van der Waals surface area contributed by atoms with Crippen LogP contribution in [-0.4, -0.2) is 43.8 Å². The molecular formula is C20H23N5O3S. The van der Waals surface area contributed by atoms with E-state index in [2.05, 4.69) is 26.0 Å². The van der Waals surface area contributed by atoms with Gasteiger partial charge in [0.05, 0.1) is 16.9 Å². The number of amides is 1. The summed E-state index contributed by atoms with van der Waals surface area (Å²) < 4.78 is 27.3. The number of aromatic nitrogens is 1. The lowest BCUT2D eigenvalue weighted by atomic mass is 9.97. The van der Waals surface area contributed by atoms with E-state index in [0.717, 1.165) is 19.4 Å². The summed E-state index contributed by atoms with van der Waals surface area (Å²) in [6.45, 7) is 2.21. The molecule has 1 aliphatic rings. The molecule has 0 aliphatic carbocycles. The molecule has 1 aromatic heterocycles. The first-order valence-corrected chi connectivity index (χ1v) is 10.9. The van der Waals surface area contributed by atoms with Gasteiger partial charge in [-0.25, -0.2) is 13.4 Å². The van der Waals surface area contributed by atoms with E-state index in [1.165, 1.54) is 18.3 Å². The van der Waals surface area contributed by atoms with Crippen molar-refractivity contribution in [2.75, 3.05) is 29.7 Å². The predicted octanol–water partition coefficient (Wildman–Crippen LogP) is 2.45. The summed E-state index contributed by atoms with van der Waals surface area (Å²) in [4.78, 5) is 18.7. The Labute approximate surface area is 170 Å². The minimum atomic E-state index is -3.75. The van der Waals surface area contributed by atoms with Gasteiger partial charge in [0.15, 0.2) is 0 Å².